The van der Waals surface area contributed by atoms with Gasteiger partial charge in [0.25, 0.3) is 0 Å². The van der Waals surface area contributed by atoms with Crippen LogP contribution in [0.1, 0.15) is 18.1 Å². The molecule has 0 bridgehead atoms. The smallest absolute Gasteiger partial charge is 0.191 e. The fraction of sp³-hybridized carbons (Fsp3) is 0.235. The van der Waals surface area contributed by atoms with Crippen LogP contribution in [0.5, 0.6) is 0 Å². The number of rotatable bonds is 5. The number of hydrogen-bond acceptors (Lipinski definition) is 1. The topological polar surface area (TPSA) is 36.4 Å². The maximum absolute atomic E-state index is 13.6. The molecule has 0 spiro atoms. The van der Waals surface area contributed by atoms with Crippen molar-refractivity contribution >= 4 is 5.96 Å². The van der Waals surface area contributed by atoms with Gasteiger partial charge in [0.15, 0.2) is 5.96 Å². The van der Waals surface area contributed by atoms with Crippen LogP contribution in [0.25, 0.3) is 0 Å². The molecule has 2 aromatic rings. The molecule has 0 saturated heterocycles. The maximum Gasteiger partial charge on any atom is 0.191 e. The molecule has 0 amide bonds. The van der Waals surface area contributed by atoms with Gasteiger partial charge in [-0.15, -0.1) is 0 Å². The lowest BCUT2D eigenvalue weighted by atomic mass is 10.2. The number of aliphatic imine (C=N–C) groups is 1. The molecule has 0 saturated carbocycles. The van der Waals surface area contributed by atoms with E-state index in [1.807, 2.05) is 6.92 Å². The lowest BCUT2D eigenvalue weighted by molar-refractivity contribution is 0.604. The third-order valence-corrected chi connectivity index (χ3v) is 3.11. The van der Waals surface area contributed by atoms with Gasteiger partial charge < -0.3 is 10.6 Å². The van der Waals surface area contributed by atoms with E-state index in [2.05, 4.69) is 15.6 Å². The molecule has 3 nitrogen and oxygen atoms in total. The Hall–Kier alpha value is -2.43. The Balaban J connectivity index is 2.02. The van der Waals surface area contributed by atoms with Crippen LogP contribution in [-0.4, -0.2) is 12.5 Å². The highest BCUT2D eigenvalue weighted by atomic mass is 19.1. The molecule has 22 heavy (non-hydrogen) atoms. The van der Waals surface area contributed by atoms with Crippen LogP contribution in [0, 0.1) is 11.6 Å². The van der Waals surface area contributed by atoms with Gasteiger partial charge in [0.05, 0.1) is 6.54 Å². The van der Waals surface area contributed by atoms with Gasteiger partial charge in [-0.1, -0.05) is 36.4 Å². The van der Waals surface area contributed by atoms with Gasteiger partial charge in [-0.25, -0.2) is 13.8 Å². The summed E-state index contributed by atoms with van der Waals surface area (Å²) in [7, 11) is 0. The predicted octanol–water partition coefficient (Wildman–Crippen LogP) is 3.22. The van der Waals surface area contributed by atoms with Crippen molar-refractivity contribution < 1.29 is 8.78 Å². The number of nitrogens with zero attached hydrogens (tertiary/aromatic N) is 1. The van der Waals surface area contributed by atoms with Crippen LogP contribution in [0.3, 0.4) is 0 Å². The molecule has 0 radical (unpaired) electrons. The molecule has 0 fully saturated rings. The number of nitrogens with one attached hydrogen (secondary N) is 2. The normalized spacial score (nSPS) is 11.3. The Kier molecular flexibility index (Phi) is 5.89. The van der Waals surface area contributed by atoms with Crippen LogP contribution < -0.4 is 10.6 Å². The molecule has 0 aliphatic heterocycles. The monoisotopic (exact) mass is 303 g/mol. The lowest BCUT2D eigenvalue weighted by Gasteiger charge is -2.12. The molecule has 2 aromatic carbocycles. The van der Waals surface area contributed by atoms with Crippen molar-refractivity contribution in [2.45, 2.75) is 20.0 Å². The third kappa shape index (κ3) is 4.55. The summed E-state index contributed by atoms with van der Waals surface area (Å²) >= 11 is 0. The Bertz CT molecular complexity index is 641. The van der Waals surface area contributed by atoms with E-state index in [4.69, 9.17) is 0 Å². The van der Waals surface area contributed by atoms with Crippen LogP contribution in [-0.2, 0) is 13.1 Å². The fourth-order valence-corrected chi connectivity index (χ4v) is 1.95. The van der Waals surface area contributed by atoms with Crippen LogP contribution in [0.15, 0.2) is 53.5 Å². The molecule has 0 aromatic heterocycles. The van der Waals surface area contributed by atoms with E-state index in [-0.39, 0.29) is 18.2 Å². The van der Waals surface area contributed by atoms with Crippen LogP contribution in [0.2, 0.25) is 0 Å². The lowest BCUT2D eigenvalue weighted by Crippen LogP contribution is -2.37. The van der Waals surface area contributed by atoms with Crippen molar-refractivity contribution in [2.24, 2.45) is 4.99 Å². The first-order chi connectivity index (χ1) is 10.7. The molecule has 2 N–H and O–H groups in total. The van der Waals surface area contributed by atoms with Crippen molar-refractivity contribution in [1.82, 2.24) is 10.6 Å². The Morgan fingerprint density at radius 1 is 0.909 bits per heavy atom. The highest BCUT2D eigenvalue weighted by Crippen LogP contribution is 2.08. The van der Waals surface area contributed by atoms with Crippen LogP contribution >= 0.6 is 0 Å². The average molecular weight is 303 g/mol. The second kappa shape index (κ2) is 8.12. The minimum absolute atomic E-state index is 0.222. The first-order valence-electron chi connectivity index (χ1n) is 7.19. The standard InChI is InChI=1S/C17H19F2N3/c1-2-20-17(21-11-13-7-3-5-9-15(13)18)22-12-14-8-4-6-10-16(14)19/h3-10H,2,11-12H2,1H3,(H2,20,21,22). The van der Waals surface area contributed by atoms with Gasteiger partial charge in [-0.3, -0.25) is 0 Å². The first kappa shape index (κ1) is 15.9. The zero-order chi connectivity index (χ0) is 15.8. The summed E-state index contributed by atoms with van der Waals surface area (Å²) in [6.45, 7) is 3.14. The van der Waals surface area contributed by atoms with Gasteiger partial charge in [-0.05, 0) is 19.1 Å². The third-order valence-electron chi connectivity index (χ3n) is 3.11. The van der Waals surface area contributed by atoms with E-state index < -0.39 is 0 Å². The second-order valence-electron chi connectivity index (χ2n) is 4.73. The molecule has 116 valence electrons. The molecule has 2 rings (SSSR count). The van der Waals surface area contributed by atoms with Gasteiger partial charge >= 0.3 is 0 Å². The Labute approximate surface area is 129 Å². The van der Waals surface area contributed by atoms with E-state index in [1.165, 1.54) is 12.1 Å². The molecule has 5 heteroatoms. The quantitative estimate of drug-likeness (QED) is 0.657. The Morgan fingerprint density at radius 3 is 2.09 bits per heavy atom. The van der Waals surface area contributed by atoms with Gasteiger partial charge in [-0.2, -0.15) is 0 Å². The van der Waals surface area contributed by atoms with Crippen molar-refractivity contribution in [2.75, 3.05) is 6.54 Å². The van der Waals surface area contributed by atoms with E-state index >= 15 is 0 Å². The van der Waals surface area contributed by atoms with Crippen molar-refractivity contribution in [3.05, 3.63) is 71.3 Å². The largest absolute Gasteiger partial charge is 0.357 e. The molecular formula is C17H19F2N3. The fourth-order valence-electron chi connectivity index (χ4n) is 1.95. The van der Waals surface area contributed by atoms with Gasteiger partial charge in [0.1, 0.15) is 11.6 Å². The van der Waals surface area contributed by atoms with E-state index in [9.17, 15) is 8.78 Å². The SMILES string of the molecule is CCNC(=NCc1ccccc1F)NCc1ccccc1F. The molecular weight excluding hydrogens is 284 g/mol. The van der Waals surface area contributed by atoms with E-state index in [1.54, 1.807) is 36.4 Å². The zero-order valence-corrected chi connectivity index (χ0v) is 12.4. The van der Waals surface area contributed by atoms with Crippen molar-refractivity contribution in [3.8, 4) is 0 Å². The summed E-state index contributed by atoms with van der Waals surface area (Å²) in [5.41, 5.74) is 1.07. The van der Waals surface area contributed by atoms with Gasteiger partial charge in [0.2, 0.25) is 0 Å². The highest BCUT2D eigenvalue weighted by molar-refractivity contribution is 5.79. The average Bonchev–Trinajstić information content (AvgIpc) is 2.53. The number of guanidine groups is 1. The van der Waals surface area contributed by atoms with E-state index in [0.717, 1.165) is 0 Å². The summed E-state index contributed by atoms with van der Waals surface area (Å²) in [6, 6.07) is 13.1. The molecule has 0 unspecified atom stereocenters. The molecule has 0 aliphatic rings. The van der Waals surface area contributed by atoms with Crippen LogP contribution in [0.4, 0.5) is 8.78 Å². The predicted molar refractivity (Wildman–Crippen MR) is 84.5 cm³/mol. The second-order valence-corrected chi connectivity index (χ2v) is 4.73. The number of benzene rings is 2. The summed E-state index contributed by atoms with van der Waals surface area (Å²) in [5.74, 6) is -0.0230. The van der Waals surface area contributed by atoms with Crippen molar-refractivity contribution in [1.29, 1.82) is 0 Å². The minimum Gasteiger partial charge on any atom is -0.357 e. The van der Waals surface area contributed by atoms with E-state index in [0.29, 0.717) is 30.2 Å². The highest BCUT2D eigenvalue weighted by Gasteiger charge is 2.04. The number of halogens is 2. The molecule has 0 atom stereocenters. The summed E-state index contributed by atoms with van der Waals surface area (Å²) < 4.78 is 27.1. The first-order valence-corrected chi connectivity index (χ1v) is 7.19. The summed E-state index contributed by atoms with van der Waals surface area (Å²) in [5, 5.41) is 6.10. The summed E-state index contributed by atoms with van der Waals surface area (Å²) in [4.78, 5) is 4.32. The minimum atomic E-state index is -0.281. The van der Waals surface area contributed by atoms with Gasteiger partial charge in [0, 0.05) is 24.2 Å². The molecule has 0 aliphatic carbocycles. The van der Waals surface area contributed by atoms with Crippen molar-refractivity contribution in [3.63, 3.8) is 0 Å². The number of hydrogen-bond donors (Lipinski definition) is 2. The zero-order valence-electron chi connectivity index (χ0n) is 12.4. The maximum atomic E-state index is 13.6. The summed E-state index contributed by atoms with van der Waals surface area (Å²) in [6.07, 6.45) is 0. The Morgan fingerprint density at radius 2 is 1.50 bits per heavy atom. The molecule has 0 heterocycles.